The van der Waals surface area contributed by atoms with Gasteiger partial charge in [-0.1, -0.05) is 20.8 Å². The molecule has 1 aromatic heterocycles. The van der Waals surface area contributed by atoms with Gasteiger partial charge in [-0.05, 0) is 37.0 Å². The molecule has 0 atom stereocenters. The first-order valence-electron chi connectivity index (χ1n) is 6.89. The Balaban J connectivity index is 1.92. The van der Waals surface area contributed by atoms with Gasteiger partial charge < -0.3 is 4.42 Å². The first-order chi connectivity index (χ1) is 8.50. The van der Waals surface area contributed by atoms with Gasteiger partial charge in [0.1, 0.15) is 0 Å². The molecular formula is C14H23ClN2O. The fourth-order valence-corrected chi connectivity index (χ4v) is 2.98. The molecule has 4 heteroatoms. The lowest BCUT2D eigenvalue weighted by atomic mass is 9.70. The van der Waals surface area contributed by atoms with Gasteiger partial charge in [-0.3, -0.25) is 0 Å². The average molecular weight is 271 g/mol. The number of hydrogen-bond donors (Lipinski definition) is 0. The van der Waals surface area contributed by atoms with E-state index >= 15 is 0 Å². The van der Waals surface area contributed by atoms with Crippen LogP contribution in [0.4, 0.5) is 0 Å². The Kier molecular flexibility index (Phi) is 4.31. The molecule has 1 fully saturated rings. The number of hydrogen-bond acceptors (Lipinski definition) is 3. The van der Waals surface area contributed by atoms with Crippen LogP contribution in [0.25, 0.3) is 0 Å². The van der Waals surface area contributed by atoms with Gasteiger partial charge in [0.05, 0.1) is 0 Å². The van der Waals surface area contributed by atoms with E-state index in [1.807, 2.05) is 0 Å². The summed E-state index contributed by atoms with van der Waals surface area (Å²) in [7, 11) is 0. The number of aromatic nitrogens is 2. The second-order valence-corrected chi connectivity index (χ2v) is 6.77. The maximum Gasteiger partial charge on any atom is 0.219 e. The van der Waals surface area contributed by atoms with Crippen molar-refractivity contribution in [2.24, 2.45) is 11.3 Å². The summed E-state index contributed by atoms with van der Waals surface area (Å²) in [5.41, 5.74) is 0.420. The normalized spacial score (nSPS) is 25.3. The molecule has 0 aliphatic heterocycles. The number of rotatable bonds is 3. The lowest BCUT2D eigenvalue weighted by Gasteiger charge is -2.36. The molecule has 2 rings (SSSR count). The fourth-order valence-electron chi connectivity index (χ4n) is 2.82. The molecule has 0 aromatic carbocycles. The van der Waals surface area contributed by atoms with Gasteiger partial charge in [0.25, 0.3) is 0 Å². The van der Waals surface area contributed by atoms with Crippen molar-refractivity contribution >= 4 is 11.6 Å². The van der Waals surface area contributed by atoms with Gasteiger partial charge >= 0.3 is 0 Å². The van der Waals surface area contributed by atoms with Crippen LogP contribution in [-0.4, -0.2) is 16.1 Å². The second-order valence-electron chi connectivity index (χ2n) is 6.39. The summed E-state index contributed by atoms with van der Waals surface area (Å²) in [6.45, 7) is 7.01. The van der Waals surface area contributed by atoms with E-state index in [0.717, 1.165) is 11.8 Å². The maximum atomic E-state index is 5.68. The molecule has 0 spiro atoms. The third kappa shape index (κ3) is 3.25. The second kappa shape index (κ2) is 5.60. The summed E-state index contributed by atoms with van der Waals surface area (Å²) < 4.78 is 5.68. The van der Waals surface area contributed by atoms with Crippen LogP contribution in [0.15, 0.2) is 4.42 Å². The summed E-state index contributed by atoms with van der Waals surface area (Å²) in [5, 5.41) is 8.22. The molecule has 1 saturated carbocycles. The monoisotopic (exact) mass is 270 g/mol. The van der Waals surface area contributed by atoms with Crippen LogP contribution in [0.2, 0.25) is 0 Å². The Morgan fingerprint density at radius 2 is 1.83 bits per heavy atom. The molecule has 1 aliphatic carbocycles. The smallest absolute Gasteiger partial charge is 0.219 e. The molecule has 0 amide bonds. The van der Waals surface area contributed by atoms with Gasteiger partial charge in [-0.15, -0.1) is 21.8 Å². The van der Waals surface area contributed by atoms with Crippen molar-refractivity contribution in [1.82, 2.24) is 10.2 Å². The highest BCUT2D eigenvalue weighted by Crippen LogP contribution is 2.42. The SMILES string of the molecule is CC(C)(C)C1CCC(c2nnc(CCCl)o2)CC1. The van der Waals surface area contributed by atoms with E-state index in [1.54, 1.807) is 0 Å². The van der Waals surface area contributed by atoms with E-state index in [2.05, 4.69) is 31.0 Å². The van der Waals surface area contributed by atoms with Crippen molar-refractivity contribution in [3.8, 4) is 0 Å². The molecular weight excluding hydrogens is 248 g/mol. The molecule has 1 heterocycles. The predicted octanol–water partition coefficient (Wildman–Crippen LogP) is 4.17. The highest BCUT2D eigenvalue weighted by Gasteiger charge is 2.32. The van der Waals surface area contributed by atoms with E-state index in [-0.39, 0.29) is 0 Å². The molecule has 0 radical (unpaired) electrons. The molecule has 18 heavy (non-hydrogen) atoms. The molecule has 1 aliphatic rings. The van der Waals surface area contributed by atoms with E-state index < -0.39 is 0 Å². The summed E-state index contributed by atoms with van der Waals surface area (Å²) in [6.07, 6.45) is 5.55. The van der Waals surface area contributed by atoms with Crippen molar-refractivity contribution in [2.45, 2.75) is 58.8 Å². The van der Waals surface area contributed by atoms with Crippen LogP contribution in [0.5, 0.6) is 0 Å². The molecule has 0 saturated heterocycles. The Labute approximate surface area is 114 Å². The zero-order valence-electron chi connectivity index (χ0n) is 11.6. The van der Waals surface area contributed by atoms with Gasteiger partial charge in [0.15, 0.2) is 0 Å². The summed E-state index contributed by atoms with van der Waals surface area (Å²) in [4.78, 5) is 0. The lowest BCUT2D eigenvalue weighted by Crippen LogP contribution is -2.25. The maximum absolute atomic E-state index is 5.68. The Morgan fingerprint density at radius 3 is 2.39 bits per heavy atom. The van der Waals surface area contributed by atoms with Gasteiger partial charge in [0, 0.05) is 18.2 Å². The third-order valence-electron chi connectivity index (χ3n) is 4.09. The number of halogens is 1. The van der Waals surface area contributed by atoms with Crippen LogP contribution < -0.4 is 0 Å². The van der Waals surface area contributed by atoms with Crippen LogP contribution in [0.3, 0.4) is 0 Å². The van der Waals surface area contributed by atoms with Crippen LogP contribution in [0, 0.1) is 11.3 Å². The van der Waals surface area contributed by atoms with Crippen molar-refractivity contribution < 1.29 is 4.42 Å². The Bertz CT molecular complexity index is 375. The van der Waals surface area contributed by atoms with E-state index in [9.17, 15) is 0 Å². The van der Waals surface area contributed by atoms with Crippen molar-refractivity contribution in [1.29, 1.82) is 0 Å². The first-order valence-corrected chi connectivity index (χ1v) is 7.42. The van der Waals surface area contributed by atoms with E-state index in [1.165, 1.54) is 25.7 Å². The summed E-state index contributed by atoms with van der Waals surface area (Å²) in [5.74, 6) is 3.32. The molecule has 3 nitrogen and oxygen atoms in total. The average Bonchev–Trinajstić information content (AvgIpc) is 2.77. The van der Waals surface area contributed by atoms with E-state index in [4.69, 9.17) is 16.0 Å². The minimum Gasteiger partial charge on any atom is -0.425 e. The molecule has 1 aromatic rings. The lowest BCUT2D eigenvalue weighted by molar-refractivity contribution is 0.161. The van der Waals surface area contributed by atoms with Crippen molar-refractivity contribution in [3.05, 3.63) is 11.8 Å². The number of nitrogens with zero attached hydrogens (tertiary/aromatic N) is 2. The largest absolute Gasteiger partial charge is 0.425 e. The highest BCUT2D eigenvalue weighted by atomic mass is 35.5. The van der Waals surface area contributed by atoms with Gasteiger partial charge in [-0.2, -0.15) is 0 Å². The zero-order chi connectivity index (χ0) is 13.2. The molecule has 102 valence electrons. The summed E-state index contributed by atoms with van der Waals surface area (Å²) in [6, 6.07) is 0. The first kappa shape index (κ1) is 13.9. The van der Waals surface area contributed by atoms with Crippen molar-refractivity contribution in [3.63, 3.8) is 0 Å². The highest BCUT2D eigenvalue weighted by molar-refractivity contribution is 6.17. The third-order valence-corrected chi connectivity index (χ3v) is 4.28. The topological polar surface area (TPSA) is 38.9 Å². The van der Waals surface area contributed by atoms with Crippen molar-refractivity contribution in [2.75, 3.05) is 5.88 Å². The van der Waals surface area contributed by atoms with Crippen LogP contribution in [-0.2, 0) is 6.42 Å². The van der Waals surface area contributed by atoms with Crippen LogP contribution >= 0.6 is 11.6 Å². The minimum atomic E-state index is 0.420. The minimum absolute atomic E-state index is 0.420. The summed E-state index contributed by atoms with van der Waals surface area (Å²) >= 11 is 5.67. The predicted molar refractivity (Wildman–Crippen MR) is 72.9 cm³/mol. The number of alkyl halides is 1. The van der Waals surface area contributed by atoms with Gasteiger partial charge in [-0.25, -0.2) is 0 Å². The quantitative estimate of drug-likeness (QED) is 0.774. The van der Waals surface area contributed by atoms with E-state index in [0.29, 0.717) is 29.5 Å². The van der Waals surface area contributed by atoms with Gasteiger partial charge in [0.2, 0.25) is 11.8 Å². The molecule has 0 N–H and O–H groups in total. The standard InChI is InChI=1S/C14H23ClN2O/c1-14(2,3)11-6-4-10(5-7-11)13-17-16-12(18-13)8-9-15/h10-11H,4-9H2,1-3H3. The molecule has 0 bridgehead atoms. The number of aryl methyl sites for hydroxylation is 1. The Hall–Kier alpha value is -0.570. The molecule has 0 unspecified atom stereocenters. The fraction of sp³-hybridized carbons (Fsp3) is 0.857. The Morgan fingerprint density at radius 1 is 1.17 bits per heavy atom. The zero-order valence-corrected chi connectivity index (χ0v) is 12.3. The van der Waals surface area contributed by atoms with Crippen LogP contribution in [0.1, 0.15) is 64.2 Å².